The van der Waals surface area contributed by atoms with E-state index < -0.39 is 96.2 Å². The molecule has 1 amide bonds. The van der Waals surface area contributed by atoms with E-state index in [-0.39, 0.29) is 67.7 Å². The number of esters is 1. The first-order valence-corrected chi connectivity index (χ1v) is 24.4. The van der Waals surface area contributed by atoms with Crippen molar-refractivity contribution in [1.29, 1.82) is 0 Å². The molecule has 0 aromatic rings. The van der Waals surface area contributed by atoms with Crippen LogP contribution in [0.3, 0.4) is 0 Å². The van der Waals surface area contributed by atoms with Gasteiger partial charge in [0, 0.05) is 56.8 Å². The summed E-state index contributed by atoms with van der Waals surface area (Å²) in [5, 5.41) is 54.1. The van der Waals surface area contributed by atoms with Gasteiger partial charge in [-0.2, -0.15) is 0 Å². The van der Waals surface area contributed by atoms with E-state index in [0.717, 1.165) is 5.57 Å². The molecule has 0 aromatic heterocycles. The van der Waals surface area contributed by atoms with Gasteiger partial charge in [-0.05, 0) is 107 Å². The van der Waals surface area contributed by atoms with Gasteiger partial charge >= 0.3 is 5.97 Å². The van der Waals surface area contributed by atoms with Crippen LogP contribution in [0, 0.1) is 53.3 Å². The number of rotatable bonds is 6. The highest BCUT2D eigenvalue weighted by molar-refractivity contribution is 6.39. The molecule has 3 fully saturated rings. The van der Waals surface area contributed by atoms with Gasteiger partial charge in [0.1, 0.15) is 23.7 Å². The molecule has 16 atom stereocenters. The number of aliphatic hydroxyl groups excluding tert-OH is 4. The van der Waals surface area contributed by atoms with Crippen LogP contribution in [0.15, 0.2) is 36.0 Å². The minimum absolute atomic E-state index is 0.00294. The van der Waals surface area contributed by atoms with Gasteiger partial charge in [-0.15, -0.1) is 0 Å². The Balaban J connectivity index is 1.68. The number of hydrogen-bond donors (Lipinski definition) is 5. The SMILES string of the molecule is CO[C@H]1C[C@@H]2CC[C@@H](C)[C@@](O)(O2)C(=O)C(=O)N2CCCC[C@H]2C(=O)O[C@H]([C@H](C)C[C@@H]2CC[C@@H](O)[C@H](CO)C2)CC(=O)[C@H](C)CC(C)[C@@H](O)[C@@H](CO)C(=O)[C@H](C)C[C@H](C)/C=C/C=C/C=C/1C. The third-order valence-electron chi connectivity index (χ3n) is 15.1. The molecule has 14 nitrogen and oxygen atoms in total. The molecule has 4 aliphatic rings. The summed E-state index contributed by atoms with van der Waals surface area (Å²) in [7, 11) is 1.57. The lowest BCUT2D eigenvalue weighted by Gasteiger charge is -2.42. The van der Waals surface area contributed by atoms with Crippen LogP contribution in [-0.4, -0.2) is 129 Å². The van der Waals surface area contributed by atoms with Crippen molar-refractivity contribution in [2.24, 2.45) is 53.3 Å². The first kappa shape index (κ1) is 54.5. The average Bonchev–Trinajstić information content (AvgIpc) is 3.28. The Kier molecular flexibility index (Phi) is 21.2. The van der Waals surface area contributed by atoms with Gasteiger partial charge in [0.25, 0.3) is 11.7 Å². The summed E-state index contributed by atoms with van der Waals surface area (Å²) in [6, 6.07) is -1.15. The van der Waals surface area contributed by atoms with Crippen LogP contribution in [0.5, 0.6) is 0 Å². The van der Waals surface area contributed by atoms with E-state index in [2.05, 4.69) is 0 Å². The van der Waals surface area contributed by atoms with Crippen LogP contribution in [0.2, 0.25) is 0 Å². The molecule has 2 bridgehead atoms. The van der Waals surface area contributed by atoms with Gasteiger partial charge in [-0.25, -0.2) is 4.79 Å². The molecule has 0 radical (unpaired) electrons. The molecule has 65 heavy (non-hydrogen) atoms. The monoisotopic (exact) mass is 916 g/mol. The van der Waals surface area contributed by atoms with Gasteiger partial charge in [0.15, 0.2) is 0 Å². The summed E-state index contributed by atoms with van der Waals surface area (Å²) in [5.41, 5.74) is 0.870. The summed E-state index contributed by atoms with van der Waals surface area (Å²) in [6.45, 7) is 12.1. The third kappa shape index (κ3) is 14.4. The quantitative estimate of drug-likeness (QED) is 0.166. The van der Waals surface area contributed by atoms with Crippen molar-refractivity contribution in [2.75, 3.05) is 26.9 Å². The van der Waals surface area contributed by atoms with Crippen LogP contribution < -0.4 is 0 Å². The Morgan fingerprint density at radius 1 is 0.862 bits per heavy atom. The number of carbonyl (C=O) groups excluding carboxylic acids is 5. The Morgan fingerprint density at radius 2 is 1.58 bits per heavy atom. The lowest BCUT2D eigenvalue weighted by atomic mass is 9.75. The number of amides is 1. The minimum Gasteiger partial charge on any atom is -0.460 e. The fourth-order valence-corrected chi connectivity index (χ4v) is 10.7. The maximum absolute atomic E-state index is 14.4. The molecule has 1 saturated carbocycles. The molecule has 0 spiro atoms. The number of ketones is 3. The molecule has 368 valence electrons. The maximum Gasteiger partial charge on any atom is 0.329 e. The summed E-state index contributed by atoms with van der Waals surface area (Å²) < 4.78 is 18.2. The van der Waals surface area contributed by atoms with E-state index >= 15 is 0 Å². The first-order valence-electron chi connectivity index (χ1n) is 24.4. The summed E-state index contributed by atoms with van der Waals surface area (Å²) in [4.78, 5) is 71.7. The van der Waals surface area contributed by atoms with Crippen molar-refractivity contribution in [3.8, 4) is 0 Å². The van der Waals surface area contributed by atoms with Crippen molar-refractivity contribution in [3.05, 3.63) is 36.0 Å². The lowest BCUT2D eigenvalue weighted by Crippen LogP contribution is -2.61. The van der Waals surface area contributed by atoms with E-state index in [4.69, 9.17) is 14.2 Å². The number of carbonyl (C=O) groups is 5. The van der Waals surface area contributed by atoms with Gasteiger partial charge in [0.05, 0.1) is 36.9 Å². The maximum atomic E-state index is 14.4. The summed E-state index contributed by atoms with van der Waals surface area (Å²) >= 11 is 0. The molecule has 0 aromatic carbocycles. The van der Waals surface area contributed by atoms with Crippen molar-refractivity contribution in [1.82, 2.24) is 4.90 Å². The highest BCUT2D eigenvalue weighted by Gasteiger charge is 2.53. The zero-order valence-electron chi connectivity index (χ0n) is 40.3. The number of cyclic esters (lactones) is 1. The van der Waals surface area contributed by atoms with E-state index in [1.54, 1.807) is 34.8 Å². The van der Waals surface area contributed by atoms with Crippen molar-refractivity contribution < 1.29 is 63.7 Å². The van der Waals surface area contributed by atoms with E-state index in [1.807, 2.05) is 51.2 Å². The first-order chi connectivity index (χ1) is 30.7. The van der Waals surface area contributed by atoms with Gasteiger partial charge in [-0.1, -0.05) is 71.9 Å². The molecule has 3 heterocycles. The summed E-state index contributed by atoms with van der Waals surface area (Å²) in [5.74, 6) is -9.79. The van der Waals surface area contributed by atoms with Crippen molar-refractivity contribution in [3.63, 3.8) is 0 Å². The Labute approximate surface area is 387 Å². The third-order valence-corrected chi connectivity index (χ3v) is 15.1. The smallest absolute Gasteiger partial charge is 0.329 e. The molecular formula is C51H81NO13. The van der Waals surface area contributed by atoms with Crippen LogP contribution >= 0.6 is 0 Å². The number of Topliss-reactive ketones (excluding diaryl/α,β-unsaturated/α-hetero) is 3. The highest BCUT2D eigenvalue weighted by atomic mass is 16.6. The summed E-state index contributed by atoms with van der Waals surface area (Å²) in [6.07, 6.45) is 11.1. The number of hydrogen-bond acceptors (Lipinski definition) is 13. The molecule has 4 rings (SSSR count). The fourth-order valence-electron chi connectivity index (χ4n) is 10.7. The van der Waals surface area contributed by atoms with E-state index in [1.165, 1.54) is 4.90 Å². The Hall–Kier alpha value is -3.11. The lowest BCUT2D eigenvalue weighted by molar-refractivity contribution is -0.265. The minimum atomic E-state index is -2.44. The highest BCUT2D eigenvalue weighted by Crippen LogP contribution is 2.38. The van der Waals surface area contributed by atoms with Crippen LogP contribution in [0.4, 0.5) is 0 Å². The number of fused-ring (bicyclic) bond motifs is 3. The number of methoxy groups -OCH3 is 1. The van der Waals surface area contributed by atoms with Crippen LogP contribution in [-0.2, 0) is 38.2 Å². The number of allylic oxidation sites excluding steroid dienone is 5. The second-order valence-electron chi connectivity index (χ2n) is 20.4. The molecule has 1 unspecified atom stereocenters. The van der Waals surface area contributed by atoms with E-state index in [9.17, 15) is 49.5 Å². The zero-order valence-corrected chi connectivity index (χ0v) is 40.3. The fraction of sp³-hybridized carbons (Fsp3) is 0.784. The number of nitrogens with zero attached hydrogens (tertiary/aromatic N) is 1. The van der Waals surface area contributed by atoms with Crippen LogP contribution in [0.1, 0.15) is 132 Å². The van der Waals surface area contributed by atoms with Gasteiger partial charge in [-0.3, -0.25) is 19.2 Å². The molecule has 3 aliphatic heterocycles. The van der Waals surface area contributed by atoms with Gasteiger partial charge in [0.2, 0.25) is 5.79 Å². The van der Waals surface area contributed by atoms with Crippen LogP contribution in [0.25, 0.3) is 0 Å². The molecule has 14 heteroatoms. The number of piperidine rings is 1. The Morgan fingerprint density at radius 3 is 2.26 bits per heavy atom. The van der Waals surface area contributed by atoms with Crippen molar-refractivity contribution >= 4 is 29.2 Å². The number of ether oxygens (including phenoxy) is 3. The Bertz CT molecular complexity index is 1690. The molecular weight excluding hydrogens is 835 g/mol. The molecule has 2 saturated heterocycles. The second-order valence-corrected chi connectivity index (χ2v) is 20.4. The van der Waals surface area contributed by atoms with Crippen molar-refractivity contribution in [2.45, 2.75) is 174 Å². The molecule has 5 N–H and O–H groups in total. The largest absolute Gasteiger partial charge is 0.460 e. The van der Waals surface area contributed by atoms with Gasteiger partial charge < -0.3 is 44.6 Å². The standard InChI is InChI=1S/C51H81NO13/c1-30-14-10-9-11-15-31(2)44(63-8)26-39-19-17-36(7)51(62,65-39)48(59)49(60)52-21-13-12-16-41(52)50(61)64-45(33(4)24-37-18-20-42(55)38(25-37)28-53)27-43(56)32(3)23-35(6)47(58)40(29-54)46(57)34(5)22-30/h9-11,14-15,30,32-42,44-45,47,53-55,58,62H,12-13,16-29H2,1-8H3/b11-9+,14-10+,31-15+/t30-,32-,33-,34-,35?,36-,37+,38+,39+,40+,41+,42-,44+,45+,47-,51-/m1/s1. The topological polar surface area (TPSA) is 217 Å². The predicted octanol–water partition coefficient (Wildman–Crippen LogP) is 5.45. The molecule has 1 aliphatic carbocycles. The second kappa shape index (κ2) is 25.3. The predicted molar refractivity (Wildman–Crippen MR) is 245 cm³/mol. The zero-order chi connectivity index (χ0) is 48.2. The average molecular weight is 916 g/mol. The number of aliphatic hydroxyl groups is 5. The normalized spacial score (nSPS) is 40.8. The van der Waals surface area contributed by atoms with E-state index in [0.29, 0.717) is 64.2 Å².